The van der Waals surface area contributed by atoms with E-state index in [2.05, 4.69) is 20.0 Å². The van der Waals surface area contributed by atoms with E-state index in [-0.39, 0.29) is 11.9 Å². The lowest BCUT2D eigenvalue weighted by atomic mass is 9.88. The van der Waals surface area contributed by atoms with Gasteiger partial charge < -0.3 is 14.4 Å². The van der Waals surface area contributed by atoms with Gasteiger partial charge in [-0.05, 0) is 55.6 Å². The van der Waals surface area contributed by atoms with E-state index >= 15 is 0 Å². The highest BCUT2D eigenvalue weighted by Gasteiger charge is 2.27. The number of aromatic nitrogens is 3. The molecule has 1 unspecified atom stereocenters. The highest BCUT2D eigenvalue weighted by molar-refractivity contribution is 5.89. The van der Waals surface area contributed by atoms with Gasteiger partial charge >= 0.3 is 5.97 Å². The first-order valence-electron chi connectivity index (χ1n) is 9.95. The number of nitrogens with zero attached hydrogens (tertiary/aromatic N) is 4. The van der Waals surface area contributed by atoms with Crippen LogP contribution in [0.15, 0.2) is 53.3 Å². The molecule has 3 aromatic rings. The minimum Gasteiger partial charge on any atom is -0.465 e. The molecule has 1 saturated heterocycles. The molecule has 4 rings (SSSR count). The lowest BCUT2D eigenvalue weighted by Crippen LogP contribution is -2.35. The second kappa shape index (κ2) is 9.15. The first kappa shape index (κ1) is 20.2. The van der Waals surface area contributed by atoms with Gasteiger partial charge in [-0.1, -0.05) is 23.4 Å². The van der Waals surface area contributed by atoms with Gasteiger partial charge in [0.25, 0.3) is 0 Å². The van der Waals surface area contributed by atoms with Crippen molar-refractivity contribution in [2.24, 2.45) is 5.92 Å². The number of ether oxygens (including phenoxy) is 1. The summed E-state index contributed by atoms with van der Waals surface area (Å²) < 4.78 is 10.1. The van der Waals surface area contributed by atoms with Gasteiger partial charge in [0.05, 0.1) is 25.3 Å². The molecule has 156 valence electrons. The van der Waals surface area contributed by atoms with Crippen molar-refractivity contribution in [3.05, 3.63) is 65.8 Å². The maximum atomic E-state index is 11.5. The molecule has 8 heteroatoms. The number of pyridine rings is 1. The number of hydrogen-bond acceptors (Lipinski definition) is 8. The van der Waals surface area contributed by atoms with E-state index in [1.807, 2.05) is 12.1 Å². The summed E-state index contributed by atoms with van der Waals surface area (Å²) in [4.78, 5) is 22.4. The first-order chi connectivity index (χ1) is 14.6. The van der Waals surface area contributed by atoms with Gasteiger partial charge in [-0.2, -0.15) is 4.98 Å². The Balaban J connectivity index is 1.32. The molecule has 0 aliphatic carbocycles. The fourth-order valence-corrected chi connectivity index (χ4v) is 3.75. The van der Waals surface area contributed by atoms with Crippen LogP contribution in [0.1, 0.15) is 40.8 Å². The van der Waals surface area contributed by atoms with Crippen LogP contribution in [0.25, 0.3) is 11.4 Å². The van der Waals surface area contributed by atoms with Crippen LogP contribution in [0.5, 0.6) is 0 Å². The van der Waals surface area contributed by atoms with Crippen LogP contribution in [0.3, 0.4) is 0 Å². The number of esters is 1. The van der Waals surface area contributed by atoms with Crippen molar-refractivity contribution in [1.29, 1.82) is 0 Å². The number of carbonyl (C=O) groups is 1. The van der Waals surface area contributed by atoms with Crippen molar-refractivity contribution in [2.75, 3.05) is 20.2 Å². The zero-order valence-corrected chi connectivity index (χ0v) is 16.8. The summed E-state index contributed by atoms with van der Waals surface area (Å²) in [6.45, 7) is 2.28. The third-order valence-corrected chi connectivity index (χ3v) is 5.50. The van der Waals surface area contributed by atoms with E-state index in [1.165, 1.54) is 7.11 Å². The van der Waals surface area contributed by atoms with Crippen molar-refractivity contribution in [2.45, 2.75) is 25.5 Å². The molecular weight excluding hydrogens is 384 g/mol. The van der Waals surface area contributed by atoms with Crippen LogP contribution in [-0.4, -0.2) is 51.3 Å². The zero-order chi connectivity index (χ0) is 20.9. The Bertz CT molecular complexity index is 966. The van der Waals surface area contributed by atoms with Crippen LogP contribution >= 0.6 is 0 Å². The second-order valence-corrected chi connectivity index (χ2v) is 7.43. The molecule has 3 heterocycles. The number of rotatable bonds is 6. The van der Waals surface area contributed by atoms with Crippen molar-refractivity contribution in [3.8, 4) is 11.4 Å². The average molecular weight is 408 g/mol. The summed E-state index contributed by atoms with van der Waals surface area (Å²) in [6.07, 6.45) is 4.75. The molecular formula is C22H24N4O4. The summed E-state index contributed by atoms with van der Waals surface area (Å²) in [5, 5.41) is 14.6. The summed E-state index contributed by atoms with van der Waals surface area (Å²) in [5.41, 5.74) is 2.12. The van der Waals surface area contributed by atoms with Crippen LogP contribution < -0.4 is 0 Å². The normalized spacial score (nSPS) is 16.3. The summed E-state index contributed by atoms with van der Waals surface area (Å²) in [7, 11) is 1.35. The van der Waals surface area contributed by atoms with Gasteiger partial charge in [-0.25, -0.2) is 4.79 Å². The zero-order valence-electron chi connectivity index (χ0n) is 16.8. The summed E-state index contributed by atoms with van der Waals surface area (Å²) in [6, 6.07) is 10.7. The van der Waals surface area contributed by atoms with Gasteiger partial charge in [-0.3, -0.25) is 9.88 Å². The molecule has 1 aromatic carbocycles. The van der Waals surface area contributed by atoms with Crippen molar-refractivity contribution in [1.82, 2.24) is 20.0 Å². The Hall–Kier alpha value is -3.10. The second-order valence-electron chi connectivity index (χ2n) is 7.43. The highest BCUT2D eigenvalue weighted by Crippen LogP contribution is 2.30. The molecule has 0 bridgehead atoms. The van der Waals surface area contributed by atoms with Crippen LogP contribution in [0.2, 0.25) is 0 Å². The van der Waals surface area contributed by atoms with E-state index in [0.717, 1.165) is 37.1 Å². The third kappa shape index (κ3) is 4.55. The molecule has 1 atom stereocenters. The number of likely N-dealkylation sites (tertiary alicyclic amines) is 1. The van der Waals surface area contributed by atoms with Crippen molar-refractivity contribution < 1.29 is 19.2 Å². The molecule has 2 aromatic heterocycles. The van der Waals surface area contributed by atoms with Gasteiger partial charge in [0.15, 0.2) is 0 Å². The monoisotopic (exact) mass is 408 g/mol. The minimum atomic E-state index is -0.483. The highest BCUT2D eigenvalue weighted by atomic mass is 16.5. The molecule has 0 radical (unpaired) electrons. The van der Waals surface area contributed by atoms with Crippen LogP contribution in [-0.2, 0) is 11.3 Å². The number of methoxy groups -OCH3 is 1. The largest absolute Gasteiger partial charge is 0.465 e. The van der Waals surface area contributed by atoms with Gasteiger partial charge in [0, 0.05) is 18.0 Å². The molecule has 1 aliphatic heterocycles. The van der Waals surface area contributed by atoms with E-state index in [1.54, 1.807) is 36.7 Å². The lowest BCUT2D eigenvalue weighted by molar-refractivity contribution is 0.0535. The molecule has 8 nitrogen and oxygen atoms in total. The standard InChI is InChI=1S/C22H24N4O4/c1-29-22(28)17-6-4-16(5-7-17)21-24-19(30-25-21)14-26-11-8-15(9-12-26)20(27)18-3-2-10-23-13-18/h2-7,10,13,15,20,27H,8-9,11-12,14H2,1H3. The van der Waals surface area contributed by atoms with Gasteiger partial charge in [0.1, 0.15) is 0 Å². The Morgan fingerprint density at radius 3 is 2.70 bits per heavy atom. The average Bonchev–Trinajstić information content (AvgIpc) is 3.27. The quantitative estimate of drug-likeness (QED) is 0.621. The fourth-order valence-electron chi connectivity index (χ4n) is 3.75. The number of carbonyl (C=O) groups excluding carboxylic acids is 1. The number of aliphatic hydroxyl groups excluding tert-OH is 1. The van der Waals surface area contributed by atoms with Gasteiger partial charge in [0.2, 0.25) is 11.7 Å². The lowest BCUT2D eigenvalue weighted by Gasteiger charge is -2.33. The van der Waals surface area contributed by atoms with Crippen molar-refractivity contribution >= 4 is 5.97 Å². The SMILES string of the molecule is COC(=O)c1ccc(-c2noc(CN3CCC(C(O)c4cccnc4)CC3)n2)cc1. The number of hydrogen-bond donors (Lipinski definition) is 1. The molecule has 1 fully saturated rings. The first-order valence-corrected chi connectivity index (χ1v) is 9.95. The Labute approximate surface area is 174 Å². The van der Waals surface area contributed by atoms with Crippen molar-refractivity contribution in [3.63, 3.8) is 0 Å². The maximum Gasteiger partial charge on any atom is 0.337 e. The van der Waals surface area contributed by atoms with Crippen LogP contribution in [0, 0.1) is 5.92 Å². The van der Waals surface area contributed by atoms with Crippen LogP contribution in [0.4, 0.5) is 0 Å². The molecule has 0 spiro atoms. The Kier molecular flexibility index (Phi) is 6.15. The third-order valence-electron chi connectivity index (χ3n) is 5.50. The van der Waals surface area contributed by atoms with E-state index in [0.29, 0.717) is 23.8 Å². The topological polar surface area (TPSA) is 102 Å². The minimum absolute atomic E-state index is 0.219. The Morgan fingerprint density at radius 1 is 1.27 bits per heavy atom. The molecule has 1 aliphatic rings. The predicted octanol–water partition coefficient (Wildman–Crippen LogP) is 2.86. The smallest absolute Gasteiger partial charge is 0.337 e. The number of benzene rings is 1. The van der Waals surface area contributed by atoms with E-state index < -0.39 is 6.10 Å². The van der Waals surface area contributed by atoms with Gasteiger partial charge in [-0.15, -0.1) is 0 Å². The number of aliphatic hydroxyl groups is 1. The summed E-state index contributed by atoms with van der Waals surface area (Å²) in [5.74, 6) is 0.876. The van der Waals surface area contributed by atoms with E-state index in [4.69, 9.17) is 9.26 Å². The molecule has 0 saturated carbocycles. The fraction of sp³-hybridized carbons (Fsp3) is 0.364. The molecule has 30 heavy (non-hydrogen) atoms. The van der Waals surface area contributed by atoms with E-state index in [9.17, 15) is 9.90 Å². The molecule has 0 amide bonds. The number of piperidine rings is 1. The molecule has 1 N–H and O–H groups in total. The Morgan fingerprint density at radius 2 is 2.03 bits per heavy atom. The maximum absolute atomic E-state index is 11.5. The summed E-state index contributed by atoms with van der Waals surface area (Å²) >= 11 is 0. The predicted molar refractivity (Wildman–Crippen MR) is 108 cm³/mol.